The molecule has 0 rings (SSSR count). The molecule has 0 spiro atoms. The molecule has 0 aromatic carbocycles. The topological polar surface area (TPSA) is 91.4 Å². The van der Waals surface area contributed by atoms with Gasteiger partial charge in [0, 0.05) is 20.0 Å². The van der Waals surface area contributed by atoms with E-state index in [1.54, 1.807) is 25.1 Å². The van der Waals surface area contributed by atoms with Crippen LogP contribution in [0.15, 0.2) is 12.7 Å². The molecule has 1 unspecified atom stereocenters. The average molecular weight is 476 g/mol. The van der Waals surface area contributed by atoms with Gasteiger partial charge in [-0.15, -0.1) is 6.58 Å². The van der Waals surface area contributed by atoms with E-state index in [4.69, 9.17) is 9.62 Å². The van der Waals surface area contributed by atoms with Gasteiger partial charge in [0.15, 0.2) is 0 Å². The third-order valence-electron chi connectivity index (χ3n) is 5.20. The fourth-order valence-corrected chi connectivity index (χ4v) is 1.70. The maximum Gasteiger partial charge on any atom is 0.311 e. The van der Waals surface area contributed by atoms with Crippen molar-refractivity contribution in [3.8, 4) is 0 Å². The fraction of sp³-hybridized carbons (Fsp3) is 0.800. The smallest absolute Gasteiger partial charge is 0.311 e. The van der Waals surface area contributed by atoms with Crippen molar-refractivity contribution in [1.29, 1.82) is 0 Å². The molecule has 1 atom stereocenters. The van der Waals surface area contributed by atoms with Crippen LogP contribution < -0.4 is 0 Å². The monoisotopic (exact) mass is 475 g/mol. The van der Waals surface area contributed by atoms with E-state index in [0.717, 1.165) is 19.3 Å². The highest BCUT2D eigenvalue weighted by Crippen LogP contribution is 2.21. The van der Waals surface area contributed by atoms with E-state index < -0.39 is 5.41 Å². The van der Waals surface area contributed by atoms with E-state index in [9.17, 15) is 14.4 Å². The standard InChI is InChI=1S/C11H20O4.C7H15NO.C7H14O2/c1-5-7-14-15-9-8-13-10(12)11(3,4)6-2;1-5-6(2)7(9)8(3)4;1-5-7(2,3)6(8)9-4/h5H,1,6-9H2,2-4H3;6H,5H2,1-4H3;5H2,1-4H3. The molecular formula is C25H49NO7. The van der Waals surface area contributed by atoms with Gasteiger partial charge in [0.2, 0.25) is 5.91 Å². The van der Waals surface area contributed by atoms with Crippen LogP contribution in [0, 0.1) is 16.7 Å². The van der Waals surface area contributed by atoms with Crippen LogP contribution in [0.3, 0.4) is 0 Å². The first-order valence-electron chi connectivity index (χ1n) is 11.5. The number of esters is 2. The van der Waals surface area contributed by atoms with Gasteiger partial charge < -0.3 is 14.4 Å². The van der Waals surface area contributed by atoms with Crippen molar-refractivity contribution in [2.45, 2.75) is 74.7 Å². The molecule has 33 heavy (non-hydrogen) atoms. The van der Waals surface area contributed by atoms with Gasteiger partial charge in [0.1, 0.15) is 19.8 Å². The first-order valence-corrected chi connectivity index (χ1v) is 11.5. The second-order valence-electron chi connectivity index (χ2n) is 9.04. The predicted octanol–water partition coefficient (Wildman–Crippen LogP) is 4.82. The summed E-state index contributed by atoms with van der Waals surface area (Å²) < 4.78 is 9.58. The van der Waals surface area contributed by atoms with Crippen LogP contribution in [-0.4, -0.2) is 63.8 Å². The molecule has 0 aliphatic carbocycles. The Balaban J connectivity index is -0.000000433. The summed E-state index contributed by atoms with van der Waals surface area (Å²) in [4.78, 5) is 44.3. The minimum Gasteiger partial charge on any atom is -0.469 e. The maximum absolute atomic E-state index is 11.4. The van der Waals surface area contributed by atoms with Crippen LogP contribution >= 0.6 is 0 Å². The number of hydrogen-bond donors (Lipinski definition) is 0. The van der Waals surface area contributed by atoms with Crippen molar-refractivity contribution < 1.29 is 33.6 Å². The SMILES string of the molecule is C=CCOOCCOC(=O)C(C)(C)CC.CCC(C)(C)C(=O)OC.CCC(C)C(=O)N(C)C. The lowest BCUT2D eigenvalue weighted by Gasteiger charge is -2.19. The summed E-state index contributed by atoms with van der Waals surface area (Å²) in [6.07, 6.45) is 4.07. The Morgan fingerprint density at radius 2 is 1.39 bits per heavy atom. The van der Waals surface area contributed by atoms with E-state index in [2.05, 4.69) is 16.2 Å². The number of carbonyl (C=O) groups is 3. The van der Waals surface area contributed by atoms with Gasteiger partial charge >= 0.3 is 11.9 Å². The molecule has 1 amide bonds. The lowest BCUT2D eigenvalue weighted by Crippen LogP contribution is -2.27. The number of rotatable bonds is 12. The Kier molecular flexibility index (Phi) is 21.1. The summed E-state index contributed by atoms with van der Waals surface area (Å²) in [5.41, 5.74) is -0.739. The van der Waals surface area contributed by atoms with Crippen molar-refractivity contribution in [1.82, 2.24) is 4.90 Å². The quantitative estimate of drug-likeness (QED) is 0.131. The average Bonchev–Trinajstić information content (AvgIpc) is 2.79. The Morgan fingerprint density at radius 3 is 1.70 bits per heavy atom. The van der Waals surface area contributed by atoms with Gasteiger partial charge in [-0.25, -0.2) is 9.78 Å². The molecule has 0 aliphatic heterocycles. The number of ether oxygens (including phenoxy) is 2. The number of amides is 1. The van der Waals surface area contributed by atoms with Gasteiger partial charge in [-0.1, -0.05) is 33.8 Å². The Bertz CT molecular complexity index is 555. The highest BCUT2D eigenvalue weighted by atomic mass is 17.2. The molecular weight excluding hydrogens is 426 g/mol. The highest BCUT2D eigenvalue weighted by molar-refractivity contribution is 5.77. The number of carbonyl (C=O) groups excluding carboxylic acids is 3. The minimum atomic E-state index is -0.429. The summed E-state index contributed by atoms with van der Waals surface area (Å²) in [5.74, 6) is 0.0554. The van der Waals surface area contributed by atoms with E-state index in [1.165, 1.54) is 7.11 Å². The van der Waals surface area contributed by atoms with Gasteiger partial charge in [-0.05, 0) is 47.0 Å². The van der Waals surface area contributed by atoms with Crippen molar-refractivity contribution in [3.05, 3.63) is 12.7 Å². The summed E-state index contributed by atoms with van der Waals surface area (Å²) >= 11 is 0. The van der Waals surface area contributed by atoms with E-state index in [0.29, 0.717) is 6.61 Å². The molecule has 0 fully saturated rings. The zero-order valence-corrected chi connectivity index (χ0v) is 22.9. The molecule has 0 saturated heterocycles. The van der Waals surface area contributed by atoms with E-state index >= 15 is 0 Å². The summed E-state index contributed by atoms with van der Waals surface area (Å²) in [7, 11) is 4.99. The minimum absolute atomic E-state index is 0.134. The van der Waals surface area contributed by atoms with Crippen LogP contribution in [0.2, 0.25) is 0 Å². The van der Waals surface area contributed by atoms with Crippen LogP contribution in [-0.2, 0) is 33.6 Å². The highest BCUT2D eigenvalue weighted by Gasteiger charge is 2.27. The van der Waals surface area contributed by atoms with Crippen LogP contribution in [0.1, 0.15) is 74.7 Å². The Hall–Kier alpha value is -1.93. The second kappa shape index (κ2) is 19.5. The van der Waals surface area contributed by atoms with Crippen molar-refractivity contribution in [3.63, 3.8) is 0 Å². The van der Waals surface area contributed by atoms with Gasteiger partial charge in [0.25, 0.3) is 0 Å². The van der Waals surface area contributed by atoms with Crippen molar-refractivity contribution in [2.24, 2.45) is 16.7 Å². The largest absolute Gasteiger partial charge is 0.469 e. The van der Waals surface area contributed by atoms with Crippen molar-refractivity contribution in [2.75, 3.05) is 41.0 Å². The molecule has 8 nitrogen and oxygen atoms in total. The third kappa shape index (κ3) is 18.2. The predicted molar refractivity (Wildman–Crippen MR) is 131 cm³/mol. The summed E-state index contributed by atoms with van der Waals surface area (Å²) in [5, 5.41) is 0. The normalized spacial score (nSPS) is 11.6. The second-order valence-corrected chi connectivity index (χ2v) is 9.04. The van der Waals surface area contributed by atoms with E-state index in [-0.39, 0.29) is 42.4 Å². The molecule has 0 saturated carbocycles. The maximum atomic E-state index is 11.4. The van der Waals surface area contributed by atoms with Gasteiger partial charge in [-0.2, -0.15) is 0 Å². The first kappa shape index (κ1) is 35.7. The molecule has 0 N–H and O–H groups in total. The molecule has 0 heterocycles. The van der Waals surface area contributed by atoms with Crippen LogP contribution in [0.4, 0.5) is 0 Å². The summed E-state index contributed by atoms with van der Waals surface area (Å²) in [6, 6.07) is 0. The van der Waals surface area contributed by atoms with Crippen LogP contribution in [0.5, 0.6) is 0 Å². The number of methoxy groups -OCH3 is 1. The van der Waals surface area contributed by atoms with Gasteiger partial charge in [0.05, 0.1) is 17.9 Å². The molecule has 0 aromatic rings. The molecule has 196 valence electrons. The number of hydrogen-bond acceptors (Lipinski definition) is 7. The van der Waals surface area contributed by atoms with Crippen LogP contribution in [0.25, 0.3) is 0 Å². The number of nitrogens with zero attached hydrogens (tertiary/aromatic N) is 1. The zero-order chi connectivity index (χ0) is 26.7. The van der Waals surface area contributed by atoms with E-state index in [1.807, 2.05) is 55.4 Å². The molecule has 0 bridgehead atoms. The summed E-state index contributed by atoms with van der Waals surface area (Å²) in [6.45, 7) is 19.6. The Morgan fingerprint density at radius 1 is 0.909 bits per heavy atom. The Labute approximate surface area is 201 Å². The fourth-order valence-electron chi connectivity index (χ4n) is 1.70. The molecule has 0 radical (unpaired) electrons. The lowest BCUT2D eigenvalue weighted by atomic mass is 9.91. The van der Waals surface area contributed by atoms with Crippen molar-refractivity contribution >= 4 is 17.8 Å². The third-order valence-corrected chi connectivity index (χ3v) is 5.20. The van der Waals surface area contributed by atoms with Gasteiger partial charge in [-0.3, -0.25) is 14.4 Å². The molecule has 0 aliphatic rings. The lowest BCUT2D eigenvalue weighted by molar-refractivity contribution is -0.290. The zero-order valence-electron chi connectivity index (χ0n) is 22.9. The molecule has 0 aromatic heterocycles. The first-order chi connectivity index (χ1) is 15.2. The molecule has 8 heteroatoms.